The highest BCUT2D eigenvalue weighted by Gasteiger charge is 2.42. The van der Waals surface area contributed by atoms with Gasteiger partial charge in [0.05, 0.1) is 19.8 Å². The average Bonchev–Trinajstić information content (AvgIpc) is 2.87. The lowest BCUT2D eigenvalue weighted by Crippen LogP contribution is -2.35. The van der Waals surface area contributed by atoms with Crippen LogP contribution >= 0.6 is 0 Å². The molecule has 7 heteroatoms. The fourth-order valence-electron chi connectivity index (χ4n) is 3.20. The van der Waals surface area contributed by atoms with Crippen LogP contribution in [-0.2, 0) is 4.79 Å². The zero-order valence-corrected chi connectivity index (χ0v) is 14.1. The highest BCUT2D eigenvalue weighted by molar-refractivity contribution is 5.89. The van der Waals surface area contributed by atoms with Gasteiger partial charge < -0.3 is 14.8 Å². The number of halogens is 2. The van der Waals surface area contributed by atoms with E-state index in [1.54, 1.807) is 13.3 Å². The molecule has 0 radical (unpaired) electrons. The van der Waals surface area contributed by atoms with Crippen LogP contribution in [0.1, 0.15) is 12.0 Å². The summed E-state index contributed by atoms with van der Waals surface area (Å²) in [6, 6.07) is 5.07. The first-order chi connectivity index (χ1) is 12.0. The second kappa shape index (κ2) is 7.21. The summed E-state index contributed by atoms with van der Waals surface area (Å²) in [6.45, 7) is 1.29. The second-order valence-electron chi connectivity index (χ2n) is 6.13. The summed E-state index contributed by atoms with van der Waals surface area (Å²) in [5, 5.41) is 4.22. The van der Waals surface area contributed by atoms with Gasteiger partial charge >= 0.3 is 0 Å². The number of aryl methyl sites for hydroxylation is 1. The first-order valence-electron chi connectivity index (χ1n) is 8.11. The third-order valence-electron chi connectivity index (χ3n) is 4.56. The minimum absolute atomic E-state index is 0.0239. The Morgan fingerprint density at radius 2 is 2.16 bits per heavy atom. The number of rotatable bonds is 6. The first-order valence-corrected chi connectivity index (χ1v) is 8.11. The molecule has 0 unspecified atom stereocenters. The number of carbonyl (C=O) groups is 1. The number of pyridine rings is 1. The van der Waals surface area contributed by atoms with E-state index in [0.717, 1.165) is 16.3 Å². The number of fused-ring (bicyclic) bond motifs is 1. The topological polar surface area (TPSA) is 60.5 Å². The number of carbonyl (C=O) groups excluding carboxylic acids is 1. The van der Waals surface area contributed by atoms with Gasteiger partial charge in [-0.05, 0) is 42.5 Å². The zero-order chi connectivity index (χ0) is 18.0. The van der Waals surface area contributed by atoms with E-state index in [9.17, 15) is 13.6 Å². The standard InChI is InChI=1S/C18H20F2N2O3/c1-10-7-11-4-6-21-18(13(11)8-15(10)24-2)25-9-14-12(3-5-19)16(20)17(23)22-14/h4,6-8,12,14,16H,3,5,9H2,1-2H3,(H,22,23)/t12-,14+,16-/m0/s1. The van der Waals surface area contributed by atoms with Gasteiger partial charge in [0.15, 0.2) is 6.17 Å². The molecule has 1 saturated heterocycles. The highest BCUT2D eigenvalue weighted by Crippen LogP contribution is 2.31. The van der Waals surface area contributed by atoms with E-state index in [1.165, 1.54) is 0 Å². The van der Waals surface area contributed by atoms with Crippen LogP contribution in [0.4, 0.5) is 8.78 Å². The summed E-state index contributed by atoms with van der Waals surface area (Å²) in [6.07, 6.45) is -0.106. The predicted molar refractivity (Wildman–Crippen MR) is 89.4 cm³/mol. The molecule has 2 heterocycles. The van der Waals surface area contributed by atoms with Crippen LogP contribution < -0.4 is 14.8 Å². The average molecular weight is 350 g/mol. The predicted octanol–water partition coefficient (Wildman–Crippen LogP) is 2.74. The van der Waals surface area contributed by atoms with E-state index < -0.39 is 30.7 Å². The Labute approximate surface area is 144 Å². The molecule has 3 atom stereocenters. The van der Waals surface area contributed by atoms with Crippen molar-refractivity contribution < 1.29 is 23.0 Å². The number of nitrogens with zero attached hydrogens (tertiary/aromatic N) is 1. The van der Waals surface area contributed by atoms with Crippen molar-refractivity contribution in [1.82, 2.24) is 10.3 Å². The minimum Gasteiger partial charge on any atom is -0.496 e. The van der Waals surface area contributed by atoms with Gasteiger partial charge in [0.2, 0.25) is 5.88 Å². The Balaban J connectivity index is 1.82. The van der Waals surface area contributed by atoms with E-state index in [2.05, 4.69) is 10.3 Å². The van der Waals surface area contributed by atoms with Crippen LogP contribution in [0.15, 0.2) is 24.4 Å². The summed E-state index contributed by atoms with van der Waals surface area (Å²) in [5.74, 6) is -0.371. The van der Waals surface area contributed by atoms with Crippen molar-refractivity contribution in [2.75, 3.05) is 20.4 Å². The summed E-state index contributed by atoms with van der Waals surface area (Å²) in [5.41, 5.74) is 0.985. The van der Waals surface area contributed by atoms with Gasteiger partial charge in [0.1, 0.15) is 12.4 Å². The van der Waals surface area contributed by atoms with Gasteiger partial charge in [-0.3, -0.25) is 9.18 Å². The van der Waals surface area contributed by atoms with E-state index in [1.807, 2.05) is 25.1 Å². The number of hydrogen-bond donors (Lipinski definition) is 1. The summed E-state index contributed by atoms with van der Waals surface area (Å²) < 4.78 is 37.6. The van der Waals surface area contributed by atoms with Crippen molar-refractivity contribution in [3.05, 3.63) is 30.0 Å². The molecule has 0 aliphatic carbocycles. The molecule has 2 aromatic rings. The molecule has 0 bridgehead atoms. The number of hydrogen-bond acceptors (Lipinski definition) is 4. The Bertz CT molecular complexity index is 784. The molecule has 1 N–H and O–H groups in total. The third-order valence-corrected chi connectivity index (χ3v) is 4.56. The zero-order valence-electron chi connectivity index (χ0n) is 14.1. The summed E-state index contributed by atoms with van der Waals surface area (Å²) in [7, 11) is 1.59. The van der Waals surface area contributed by atoms with Crippen molar-refractivity contribution >= 4 is 16.7 Å². The van der Waals surface area contributed by atoms with Gasteiger partial charge in [-0.25, -0.2) is 9.37 Å². The lowest BCUT2D eigenvalue weighted by atomic mass is 9.96. The van der Waals surface area contributed by atoms with Gasteiger partial charge in [0, 0.05) is 17.5 Å². The fourth-order valence-corrected chi connectivity index (χ4v) is 3.20. The maximum atomic E-state index is 13.9. The van der Waals surface area contributed by atoms with Crippen molar-refractivity contribution in [2.45, 2.75) is 25.6 Å². The fraction of sp³-hybridized carbons (Fsp3) is 0.444. The quantitative estimate of drug-likeness (QED) is 0.870. The normalized spacial score (nSPS) is 22.9. The van der Waals surface area contributed by atoms with Gasteiger partial charge in [-0.15, -0.1) is 0 Å². The van der Waals surface area contributed by atoms with E-state index in [4.69, 9.17) is 9.47 Å². The van der Waals surface area contributed by atoms with Crippen LogP contribution in [0, 0.1) is 12.8 Å². The summed E-state index contributed by atoms with van der Waals surface area (Å²) >= 11 is 0. The molecule has 25 heavy (non-hydrogen) atoms. The molecule has 134 valence electrons. The molecule has 5 nitrogen and oxygen atoms in total. The van der Waals surface area contributed by atoms with Gasteiger partial charge in [-0.2, -0.15) is 0 Å². The van der Waals surface area contributed by atoms with Crippen LogP contribution in [0.3, 0.4) is 0 Å². The number of methoxy groups -OCH3 is 1. The summed E-state index contributed by atoms with van der Waals surface area (Å²) in [4.78, 5) is 15.7. The number of benzene rings is 1. The molecular weight excluding hydrogens is 330 g/mol. The van der Waals surface area contributed by atoms with Crippen molar-refractivity contribution in [3.8, 4) is 11.6 Å². The lowest BCUT2D eigenvalue weighted by molar-refractivity contribution is -0.124. The molecule has 0 spiro atoms. The number of amides is 1. The SMILES string of the molecule is COc1cc2c(OC[C@H]3NC(=O)[C@@H](F)[C@H]3CCF)nccc2cc1C. The number of alkyl halides is 2. The molecule has 1 amide bonds. The molecule has 0 saturated carbocycles. The minimum atomic E-state index is -1.70. The Kier molecular flexibility index (Phi) is 5.01. The molecular formula is C18H20F2N2O3. The van der Waals surface area contributed by atoms with Crippen molar-refractivity contribution in [1.29, 1.82) is 0 Å². The monoisotopic (exact) mass is 350 g/mol. The molecule has 1 aliphatic heterocycles. The molecule has 1 aromatic heterocycles. The van der Waals surface area contributed by atoms with Crippen LogP contribution in [0.2, 0.25) is 0 Å². The van der Waals surface area contributed by atoms with Gasteiger partial charge in [0.25, 0.3) is 5.91 Å². The highest BCUT2D eigenvalue weighted by atomic mass is 19.1. The van der Waals surface area contributed by atoms with Crippen LogP contribution in [0.5, 0.6) is 11.6 Å². The van der Waals surface area contributed by atoms with Crippen molar-refractivity contribution in [3.63, 3.8) is 0 Å². The largest absolute Gasteiger partial charge is 0.496 e. The van der Waals surface area contributed by atoms with E-state index in [0.29, 0.717) is 11.6 Å². The van der Waals surface area contributed by atoms with Crippen molar-refractivity contribution in [2.24, 2.45) is 5.92 Å². The van der Waals surface area contributed by atoms with Gasteiger partial charge in [-0.1, -0.05) is 0 Å². The number of aromatic nitrogens is 1. The number of nitrogens with one attached hydrogen (secondary N) is 1. The van der Waals surface area contributed by atoms with Crippen LogP contribution in [0.25, 0.3) is 10.8 Å². The molecule has 3 rings (SSSR count). The van der Waals surface area contributed by atoms with Crippen LogP contribution in [-0.4, -0.2) is 43.5 Å². The lowest BCUT2D eigenvalue weighted by Gasteiger charge is -2.19. The smallest absolute Gasteiger partial charge is 0.255 e. The second-order valence-corrected chi connectivity index (χ2v) is 6.13. The molecule has 1 fully saturated rings. The van der Waals surface area contributed by atoms with E-state index in [-0.39, 0.29) is 13.0 Å². The number of ether oxygens (including phenoxy) is 2. The molecule has 1 aromatic carbocycles. The molecule has 1 aliphatic rings. The Hall–Kier alpha value is -2.44. The maximum absolute atomic E-state index is 13.9. The Morgan fingerprint density at radius 1 is 1.36 bits per heavy atom. The first kappa shape index (κ1) is 17.4. The maximum Gasteiger partial charge on any atom is 0.255 e. The Morgan fingerprint density at radius 3 is 2.88 bits per heavy atom. The third kappa shape index (κ3) is 3.36. The van der Waals surface area contributed by atoms with E-state index >= 15 is 0 Å².